The minimum Gasteiger partial charge on any atom is -0.486 e. The second kappa shape index (κ2) is 8.47. The van der Waals surface area contributed by atoms with Gasteiger partial charge >= 0.3 is 0 Å². The van der Waals surface area contributed by atoms with Crippen molar-refractivity contribution in [2.45, 2.75) is 20.4 Å². The zero-order valence-corrected chi connectivity index (χ0v) is 18.6. The zero-order chi connectivity index (χ0) is 22.9. The molecule has 33 heavy (non-hydrogen) atoms. The van der Waals surface area contributed by atoms with Gasteiger partial charge in [-0.3, -0.25) is 14.5 Å². The van der Waals surface area contributed by atoms with Gasteiger partial charge in [0.1, 0.15) is 18.9 Å². The highest BCUT2D eigenvalue weighted by Gasteiger charge is 2.39. The van der Waals surface area contributed by atoms with Gasteiger partial charge in [-0.2, -0.15) is 0 Å². The highest BCUT2D eigenvalue weighted by atomic mass is 16.6. The Kier molecular flexibility index (Phi) is 5.34. The zero-order valence-electron chi connectivity index (χ0n) is 18.6. The molecule has 5 rings (SSSR count). The van der Waals surface area contributed by atoms with Crippen LogP contribution in [0.3, 0.4) is 0 Å². The molecule has 1 N–H and O–H groups in total. The van der Waals surface area contributed by atoms with Gasteiger partial charge in [-0.05, 0) is 48.2 Å². The second-order valence-electron chi connectivity index (χ2n) is 8.21. The molecule has 0 saturated carbocycles. The molecule has 0 fully saturated rings. The standard InChI is InChI=1S/C27H24N2O4/c1-17-8-9-20(14-18(17)2)24-25(28-21-10-11-22-23(15-21)33-13-12-32-22)27(31)29(26(24)30)16-19-6-4-3-5-7-19/h3-11,14-15,28H,12-13,16H2,1-2H3. The van der Waals surface area contributed by atoms with Crippen LogP contribution in [0.25, 0.3) is 5.57 Å². The molecule has 166 valence electrons. The number of rotatable bonds is 5. The number of carbonyl (C=O) groups is 2. The quantitative estimate of drug-likeness (QED) is 0.593. The van der Waals surface area contributed by atoms with Crippen molar-refractivity contribution in [2.75, 3.05) is 18.5 Å². The van der Waals surface area contributed by atoms with Gasteiger partial charge < -0.3 is 14.8 Å². The molecular formula is C27H24N2O4. The summed E-state index contributed by atoms with van der Waals surface area (Å²) in [6.07, 6.45) is 0. The molecule has 2 aliphatic heterocycles. The maximum atomic E-state index is 13.5. The third-order valence-corrected chi connectivity index (χ3v) is 5.96. The van der Waals surface area contributed by atoms with Gasteiger partial charge in [-0.25, -0.2) is 0 Å². The number of hydrogen-bond acceptors (Lipinski definition) is 5. The van der Waals surface area contributed by atoms with E-state index in [1.54, 1.807) is 12.1 Å². The van der Waals surface area contributed by atoms with Crippen LogP contribution in [-0.4, -0.2) is 29.9 Å². The number of amides is 2. The minimum atomic E-state index is -0.355. The van der Waals surface area contributed by atoms with E-state index in [4.69, 9.17) is 9.47 Å². The monoisotopic (exact) mass is 440 g/mol. The highest BCUT2D eigenvalue weighted by Crippen LogP contribution is 2.36. The van der Waals surface area contributed by atoms with E-state index in [-0.39, 0.29) is 24.1 Å². The normalized spacial score (nSPS) is 15.3. The van der Waals surface area contributed by atoms with E-state index in [0.29, 0.717) is 41.5 Å². The topological polar surface area (TPSA) is 67.9 Å². The molecule has 6 nitrogen and oxygen atoms in total. The lowest BCUT2D eigenvalue weighted by Crippen LogP contribution is -2.32. The summed E-state index contributed by atoms with van der Waals surface area (Å²) in [5.41, 5.74) is 5.06. The van der Waals surface area contributed by atoms with Crippen LogP contribution >= 0.6 is 0 Å². The summed E-state index contributed by atoms with van der Waals surface area (Å²) in [5, 5.41) is 3.20. The summed E-state index contributed by atoms with van der Waals surface area (Å²) in [5.74, 6) is 0.603. The molecule has 0 spiro atoms. The van der Waals surface area contributed by atoms with Crippen molar-refractivity contribution in [3.8, 4) is 11.5 Å². The van der Waals surface area contributed by atoms with Gasteiger partial charge in [0.15, 0.2) is 11.5 Å². The van der Waals surface area contributed by atoms with Crippen LogP contribution < -0.4 is 14.8 Å². The summed E-state index contributed by atoms with van der Waals surface area (Å²) >= 11 is 0. The number of aryl methyl sites for hydroxylation is 2. The number of hydrogen-bond donors (Lipinski definition) is 1. The molecule has 2 aliphatic rings. The van der Waals surface area contributed by atoms with Gasteiger partial charge in [0, 0.05) is 11.8 Å². The molecule has 0 radical (unpaired) electrons. The van der Waals surface area contributed by atoms with Crippen LogP contribution in [-0.2, 0) is 16.1 Å². The molecule has 2 heterocycles. The van der Waals surface area contributed by atoms with Crippen LogP contribution in [0, 0.1) is 13.8 Å². The molecule has 0 saturated heterocycles. The lowest BCUT2D eigenvalue weighted by Gasteiger charge is -2.19. The summed E-state index contributed by atoms with van der Waals surface area (Å²) in [6.45, 7) is 5.19. The van der Waals surface area contributed by atoms with E-state index in [2.05, 4.69) is 5.32 Å². The van der Waals surface area contributed by atoms with Crippen molar-refractivity contribution >= 4 is 23.1 Å². The van der Waals surface area contributed by atoms with Crippen LogP contribution in [0.2, 0.25) is 0 Å². The van der Waals surface area contributed by atoms with E-state index in [0.717, 1.165) is 16.7 Å². The van der Waals surface area contributed by atoms with E-state index >= 15 is 0 Å². The molecular weight excluding hydrogens is 416 g/mol. The van der Waals surface area contributed by atoms with E-state index < -0.39 is 0 Å². The van der Waals surface area contributed by atoms with Crippen LogP contribution in [0.5, 0.6) is 11.5 Å². The summed E-state index contributed by atoms with van der Waals surface area (Å²) in [6, 6.07) is 20.7. The minimum absolute atomic E-state index is 0.208. The van der Waals surface area contributed by atoms with Gasteiger partial charge in [-0.15, -0.1) is 0 Å². The fourth-order valence-electron chi connectivity index (χ4n) is 4.03. The lowest BCUT2D eigenvalue weighted by atomic mass is 9.99. The number of ether oxygens (including phenoxy) is 2. The molecule has 6 heteroatoms. The Hall–Kier alpha value is -4.06. The molecule has 0 unspecified atom stereocenters. The Bertz CT molecular complexity index is 1280. The Morgan fingerprint density at radius 1 is 0.818 bits per heavy atom. The Labute approximate surface area is 192 Å². The molecule has 0 bridgehead atoms. The van der Waals surface area contributed by atoms with Crippen molar-refractivity contribution in [1.82, 2.24) is 4.90 Å². The predicted octanol–water partition coefficient (Wildman–Crippen LogP) is 4.47. The number of nitrogens with zero attached hydrogens (tertiary/aromatic N) is 1. The first-order chi connectivity index (χ1) is 16.0. The van der Waals surface area contributed by atoms with Crippen LogP contribution in [0.1, 0.15) is 22.3 Å². The Balaban J connectivity index is 1.55. The number of fused-ring (bicyclic) bond motifs is 1. The van der Waals surface area contributed by atoms with Gasteiger partial charge in [-0.1, -0.05) is 48.5 Å². The van der Waals surface area contributed by atoms with E-state index in [1.807, 2.05) is 68.4 Å². The van der Waals surface area contributed by atoms with Crippen molar-refractivity contribution < 1.29 is 19.1 Å². The highest BCUT2D eigenvalue weighted by molar-refractivity contribution is 6.36. The summed E-state index contributed by atoms with van der Waals surface area (Å²) < 4.78 is 11.3. The largest absolute Gasteiger partial charge is 0.486 e. The first kappa shape index (κ1) is 20.8. The first-order valence-electron chi connectivity index (χ1n) is 10.9. The predicted molar refractivity (Wildman–Crippen MR) is 126 cm³/mol. The summed E-state index contributed by atoms with van der Waals surface area (Å²) in [7, 11) is 0. The summed E-state index contributed by atoms with van der Waals surface area (Å²) in [4.78, 5) is 28.3. The van der Waals surface area contributed by atoms with Crippen molar-refractivity contribution in [3.05, 3.63) is 94.7 Å². The van der Waals surface area contributed by atoms with Crippen molar-refractivity contribution in [2.24, 2.45) is 0 Å². The van der Waals surface area contributed by atoms with Gasteiger partial charge in [0.25, 0.3) is 11.8 Å². The van der Waals surface area contributed by atoms with E-state index in [1.165, 1.54) is 4.90 Å². The fourth-order valence-corrected chi connectivity index (χ4v) is 4.03. The maximum absolute atomic E-state index is 13.5. The molecule has 2 amide bonds. The number of nitrogens with one attached hydrogen (secondary N) is 1. The molecule has 0 atom stereocenters. The van der Waals surface area contributed by atoms with E-state index in [9.17, 15) is 9.59 Å². The Morgan fingerprint density at radius 3 is 2.33 bits per heavy atom. The molecule has 3 aromatic carbocycles. The third kappa shape index (κ3) is 3.96. The lowest BCUT2D eigenvalue weighted by molar-refractivity contribution is -0.137. The number of benzene rings is 3. The van der Waals surface area contributed by atoms with Crippen LogP contribution in [0.4, 0.5) is 5.69 Å². The number of carbonyl (C=O) groups excluding carboxylic acids is 2. The average molecular weight is 440 g/mol. The van der Waals surface area contributed by atoms with Gasteiger partial charge in [0.2, 0.25) is 0 Å². The fraction of sp³-hybridized carbons (Fsp3) is 0.185. The van der Waals surface area contributed by atoms with Crippen molar-refractivity contribution in [1.29, 1.82) is 0 Å². The van der Waals surface area contributed by atoms with Gasteiger partial charge in [0.05, 0.1) is 12.1 Å². The smallest absolute Gasteiger partial charge is 0.278 e. The molecule has 0 aliphatic carbocycles. The first-order valence-corrected chi connectivity index (χ1v) is 10.9. The second-order valence-corrected chi connectivity index (χ2v) is 8.21. The average Bonchev–Trinajstić information content (AvgIpc) is 3.06. The van der Waals surface area contributed by atoms with Crippen LogP contribution in [0.15, 0.2) is 72.4 Å². The SMILES string of the molecule is Cc1ccc(C2=C(Nc3ccc4c(c3)OCCO4)C(=O)N(Cc3ccccc3)C2=O)cc1C. The molecule has 3 aromatic rings. The van der Waals surface area contributed by atoms with Crippen molar-refractivity contribution in [3.63, 3.8) is 0 Å². The number of anilines is 1. The molecule has 0 aromatic heterocycles. The number of imide groups is 1. The Morgan fingerprint density at radius 2 is 1.58 bits per heavy atom. The third-order valence-electron chi connectivity index (χ3n) is 5.96. The maximum Gasteiger partial charge on any atom is 0.278 e.